The lowest BCUT2D eigenvalue weighted by Crippen LogP contribution is -2.23. The number of carbonyl (C=O) groups excluding carboxylic acids is 1. The van der Waals surface area contributed by atoms with Crippen LogP contribution in [0.4, 0.5) is 0 Å². The van der Waals surface area contributed by atoms with E-state index in [1.54, 1.807) is 6.07 Å². The first-order chi connectivity index (χ1) is 20.7. The van der Waals surface area contributed by atoms with E-state index in [0.29, 0.717) is 22.7 Å². The molecule has 224 valence electrons. The van der Waals surface area contributed by atoms with Crippen LogP contribution in [0.5, 0.6) is 0 Å². The van der Waals surface area contributed by atoms with Crippen LogP contribution in [0.1, 0.15) is 78.4 Å². The minimum atomic E-state index is -0.896. The second-order valence-electron chi connectivity index (χ2n) is 12.8. The van der Waals surface area contributed by atoms with Gasteiger partial charge in [0.15, 0.2) is 0 Å². The Bertz CT molecular complexity index is 2090. The highest BCUT2D eigenvalue weighted by Crippen LogP contribution is 2.32. The summed E-state index contributed by atoms with van der Waals surface area (Å²) in [4.78, 5) is 35.0. The molecule has 2 N–H and O–H groups in total. The van der Waals surface area contributed by atoms with Crippen molar-refractivity contribution in [2.75, 3.05) is 6.54 Å². The first-order valence-corrected chi connectivity index (χ1v) is 15.9. The van der Waals surface area contributed by atoms with Gasteiger partial charge in [-0.15, -0.1) is 22.7 Å². The zero-order valence-electron chi connectivity index (χ0n) is 25.6. The quantitative estimate of drug-likeness (QED) is 0.190. The Morgan fingerprint density at radius 3 is 1.68 bits per heavy atom. The first kappa shape index (κ1) is 31.0. The largest absolute Gasteiger partial charge is 0.477 e. The molecule has 6 rings (SSSR count). The van der Waals surface area contributed by atoms with Crippen molar-refractivity contribution in [3.63, 3.8) is 0 Å². The standard InChI is InChI=1S/C19H19N3OS.C16H15NO2S/c1-19(2,3)14-5-6-15-12(10-14)9-13-11-16(24-18(13)22-15)17(23)21-8-4-7-20;1-16(2,3)11-4-5-12-9(7-11)6-10-8-13(15(18)19)20-14(10)17-12/h5-6,9-11H,4,8H2,1-3H3,(H,21,23);4-8H,1-3H3,(H,18,19). The lowest BCUT2D eigenvalue weighted by molar-refractivity contribution is 0.0702. The van der Waals surface area contributed by atoms with Crippen molar-refractivity contribution >= 4 is 76.8 Å². The molecule has 0 bridgehead atoms. The van der Waals surface area contributed by atoms with Gasteiger partial charge in [0.2, 0.25) is 0 Å². The topological polar surface area (TPSA) is 116 Å². The molecule has 4 aromatic heterocycles. The van der Waals surface area contributed by atoms with Crippen LogP contribution in [-0.2, 0) is 10.8 Å². The average Bonchev–Trinajstić information content (AvgIpc) is 3.57. The lowest BCUT2D eigenvalue weighted by Gasteiger charge is -2.19. The Kier molecular flexibility index (Phi) is 8.43. The van der Waals surface area contributed by atoms with Crippen molar-refractivity contribution in [2.45, 2.75) is 58.8 Å². The molecule has 0 atom stereocenters. The minimum absolute atomic E-state index is 0.0869. The Balaban J connectivity index is 0.000000177. The van der Waals surface area contributed by atoms with Gasteiger partial charge >= 0.3 is 5.97 Å². The Morgan fingerprint density at radius 2 is 1.23 bits per heavy atom. The molecule has 0 radical (unpaired) electrons. The Labute approximate surface area is 264 Å². The van der Waals surface area contributed by atoms with E-state index in [1.807, 2.05) is 30.3 Å². The third kappa shape index (κ3) is 6.72. The summed E-state index contributed by atoms with van der Waals surface area (Å²) >= 11 is 2.60. The van der Waals surface area contributed by atoms with Gasteiger partial charge in [-0.3, -0.25) is 4.79 Å². The highest BCUT2D eigenvalue weighted by Gasteiger charge is 2.17. The summed E-state index contributed by atoms with van der Waals surface area (Å²) in [5.74, 6) is -1.04. The van der Waals surface area contributed by atoms with Crippen molar-refractivity contribution in [2.24, 2.45) is 0 Å². The predicted molar refractivity (Wildman–Crippen MR) is 181 cm³/mol. The van der Waals surface area contributed by atoms with Crippen LogP contribution < -0.4 is 5.32 Å². The molecule has 0 aliphatic carbocycles. The fourth-order valence-corrected chi connectivity index (χ4v) is 6.54. The molecule has 0 aliphatic rings. The number of fused-ring (bicyclic) bond motifs is 4. The molecule has 0 fully saturated rings. The molecule has 0 saturated heterocycles. The van der Waals surface area contributed by atoms with Gasteiger partial charge in [-0.2, -0.15) is 5.26 Å². The molecule has 0 spiro atoms. The fourth-order valence-electron chi connectivity index (χ4n) is 4.74. The number of nitriles is 1. The number of carbonyl (C=O) groups is 2. The number of hydrogen-bond acceptors (Lipinski definition) is 7. The molecule has 0 unspecified atom stereocenters. The Morgan fingerprint density at radius 1 is 0.750 bits per heavy atom. The number of benzene rings is 2. The minimum Gasteiger partial charge on any atom is -0.477 e. The second kappa shape index (κ2) is 11.9. The number of amides is 1. The Hall–Kier alpha value is -4.39. The fraction of sp³-hybridized carbons (Fsp3) is 0.286. The number of thiophene rings is 2. The van der Waals surface area contributed by atoms with Crippen molar-refractivity contribution in [3.05, 3.63) is 81.5 Å². The lowest BCUT2D eigenvalue weighted by atomic mass is 9.86. The monoisotopic (exact) mass is 622 g/mol. The van der Waals surface area contributed by atoms with E-state index in [9.17, 15) is 9.59 Å². The summed E-state index contributed by atoms with van der Waals surface area (Å²) in [6.45, 7) is 13.5. The summed E-state index contributed by atoms with van der Waals surface area (Å²) < 4.78 is 0. The van der Waals surface area contributed by atoms with Crippen LogP contribution in [-0.4, -0.2) is 33.5 Å². The van der Waals surface area contributed by atoms with E-state index in [2.05, 4.69) is 87.2 Å². The van der Waals surface area contributed by atoms with Gasteiger partial charge in [0.25, 0.3) is 5.91 Å². The number of rotatable bonds is 4. The average molecular weight is 623 g/mol. The molecule has 9 heteroatoms. The summed E-state index contributed by atoms with van der Waals surface area (Å²) in [5, 5.41) is 24.4. The van der Waals surface area contributed by atoms with E-state index in [1.165, 1.54) is 33.8 Å². The van der Waals surface area contributed by atoms with Crippen LogP contribution in [0.15, 0.2) is 60.7 Å². The number of carboxylic acid groups (broad SMARTS) is 1. The van der Waals surface area contributed by atoms with E-state index in [0.717, 1.165) is 42.2 Å². The van der Waals surface area contributed by atoms with Crippen LogP contribution >= 0.6 is 22.7 Å². The number of pyridine rings is 2. The molecule has 1 amide bonds. The summed E-state index contributed by atoms with van der Waals surface area (Å²) in [5.41, 5.74) is 4.53. The molecular weight excluding hydrogens is 589 g/mol. The van der Waals surface area contributed by atoms with Gasteiger partial charge in [-0.25, -0.2) is 14.8 Å². The van der Waals surface area contributed by atoms with Gasteiger partial charge in [-0.1, -0.05) is 53.7 Å². The number of aromatic nitrogens is 2. The maximum Gasteiger partial charge on any atom is 0.345 e. The van der Waals surface area contributed by atoms with Crippen LogP contribution in [0.2, 0.25) is 0 Å². The van der Waals surface area contributed by atoms with Crippen molar-refractivity contribution in [1.29, 1.82) is 5.26 Å². The van der Waals surface area contributed by atoms with Gasteiger partial charge in [0.1, 0.15) is 14.5 Å². The smallest absolute Gasteiger partial charge is 0.345 e. The first-order valence-electron chi connectivity index (χ1n) is 14.3. The zero-order chi connectivity index (χ0) is 31.8. The SMILES string of the molecule is CC(C)(C)c1ccc2nc3sc(C(=O)NCCC#N)cc3cc2c1.CC(C)(C)c1ccc2nc3sc(C(=O)O)cc3cc2c1. The normalized spacial score (nSPS) is 11.8. The molecule has 44 heavy (non-hydrogen) atoms. The van der Waals surface area contributed by atoms with E-state index in [4.69, 9.17) is 10.4 Å². The predicted octanol–water partition coefficient (Wildman–Crippen LogP) is 8.84. The third-order valence-electron chi connectivity index (χ3n) is 7.29. The van der Waals surface area contributed by atoms with Gasteiger partial charge < -0.3 is 10.4 Å². The molecular formula is C35H34N4O3S2. The van der Waals surface area contributed by atoms with Crippen LogP contribution in [0.25, 0.3) is 42.2 Å². The second-order valence-corrected chi connectivity index (χ2v) is 14.8. The van der Waals surface area contributed by atoms with Gasteiger partial charge in [-0.05, 0) is 70.5 Å². The number of nitrogens with one attached hydrogen (secondary N) is 1. The van der Waals surface area contributed by atoms with E-state index >= 15 is 0 Å². The van der Waals surface area contributed by atoms with Crippen LogP contribution in [0, 0.1) is 11.3 Å². The summed E-state index contributed by atoms with van der Waals surface area (Å²) in [6, 6.07) is 22.3. The van der Waals surface area contributed by atoms with Gasteiger partial charge in [0, 0.05) is 28.1 Å². The van der Waals surface area contributed by atoms with Crippen molar-refractivity contribution in [3.8, 4) is 6.07 Å². The molecule has 4 heterocycles. The number of hydrogen-bond donors (Lipinski definition) is 2. The molecule has 2 aromatic carbocycles. The zero-order valence-corrected chi connectivity index (χ0v) is 27.2. The third-order valence-corrected chi connectivity index (χ3v) is 9.37. The maximum atomic E-state index is 12.1. The molecule has 7 nitrogen and oxygen atoms in total. The van der Waals surface area contributed by atoms with E-state index in [-0.39, 0.29) is 16.7 Å². The molecule has 0 saturated carbocycles. The summed E-state index contributed by atoms with van der Waals surface area (Å²) in [6.07, 6.45) is 0.314. The molecule has 0 aliphatic heterocycles. The number of aromatic carboxylic acids is 1. The number of carboxylic acids is 1. The highest BCUT2D eigenvalue weighted by molar-refractivity contribution is 7.20. The van der Waals surface area contributed by atoms with E-state index < -0.39 is 5.97 Å². The van der Waals surface area contributed by atoms with Crippen molar-refractivity contribution < 1.29 is 14.7 Å². The summed E-state index contributed by atoms with van der Waals surface area (Å²) in [7, 11) is 0. The maximum absolute atomic E-state index is 12.1. The van der Waals surface area contributed by atoms with Crippen LogP contribution in [0.3, 0.4) is 0 Å². The van der Waals surface area contributed by atoms with Crippen molar-refractivity contribution in [1.82, 2.24) is 15.3 Å². The highest BCUT2D eigenvalue weighted by atomic mass is 32.1. The molecule has 6 aromatic rings. The van der Waals surface area contributed by atoms with Gasteiger partial charge in [0.05, 0.1) is 28.4 Å². The number of nitrogens with zero attached hydrogens (tertiary/aromatic N) is 3.